The Morgan fingerprint density at radius 2 is 2.00 bits per heavy atom. The van der Waals surface area contributed by atoms with Gasteiger partial charge in [0.05, 0.1) is 23.4 Å². The van der Waals surface area contributed by atoms with E-state index in [1.165, 1.54) is 32.8 Å². The second-order valence-corrected chi connectivity index (χ2v) is 6.54. The van der Waals surface area contributed by atoms with Gasteiger partial charge in [-0.3, -0.25) is 0 Å². The fraction of sp³-hybridized carbons (Fsp3) is 0.562. The summed E-state index contributed by atoms with van der Waals surface area (Å²) in [6.07, 6.45) is 5.34. The number of carbonyl (C=O) groups is 1. The highest BCUT2D eigenvalue weighted by molar-refractivity contribution is 6.34. The van der Waals surface area contributed by atoms with Crippen LogP contribution in [0.4, 0.5) is 11.4 Å². The Bertz CT molecular complexity index is 541. The van der Waals surface area contributed by atoms with Crippen molar-refractivity contribution in [3.8, 4) is 0 Å². The first-order chi connectivity index (χ1) is 10.1. The summed E-state index contributed by atoms with van der Waals surface area (Å²) in [6.45, 7) is 0.864. The molecule has 21 heavy (non-hydrogen) atoms. The van der Waals surface area contributed by atoms with Crippen molar-refractivity contribution in [2.45, 2.75) is 25.7 Å². The zero-order chi connectivity index (χ0) is 15.0. The summed E-state index contributed by atoms with van der Waals surface area (Å²) in [4.78, 5) is 11.9. The molecule has 5 heteroatoms. The lowest BCUT2D eigenvalue weighted by Gasteiger charge is -2.19. The van der Waals surface area contributed by atoms with Gasteiger partial charge in [0.2, 0.25) is 0 Å². The summed E-state index contributed by atoms with van der Waals surface area (Å²) in [5.74, 6) is 1.98. The van der Waals surface area contributed by atoms with Gasteiger partial charge in [0.1, 0.15) is 0 Å². The Labute approximate surface area is 130 Å². The minimum absolute atomic E-state index is 0.410. The van der Waals surface area contributed by atoms with Crippen LogP contribution < -0.4 is 11.1 Å². The average molecular weight is 309 g/mol. The minimum atomic E-state index is -0.416. The van der Waals surface area contributed by atoms with Crippen molar-refractivity contribution < 1.29 is 9.53 Å². The van der Waals surface area contributed by atoms with Gasteiger partial charge in [-0.1, -0.05) is 11.6 Å². The summed E-state index contributed by atoms with van der Waals surface area (Å²) in [5.41, 5.74) is 7.29. The zero-order valence-electron chi connectivity index (χ0n) is 12.2. The Hall–Kier alpha value is -1.42. The molecule has 0 amide bonds. The van der Waals surface area contributed by atoms with Crippen molar-refractivity contribution in [1.29, 1.82) is 0 Å². The normalized spacial score (nSPS) is 17.9. The average Bonchev–Trinajstić information content (AvgIpc) is 3.33. The van der Waals surface area contributed by atoms with Crippen LogP contribution in [-0.2, 0) is 4.74 Å². The number of nitrogens with two attached hydrogens (primary N) is 1. The Kier molecular flexibility index (Phi) is 3.98. The maximum Gasteiger partial charge on any atom is 0.340 e. The fourth-order valence-corrected chi connectivity index (χ4v) is 3.36. The molecule has 0 radical (unpaired) electrons. The molecule has 0 bridgehead atoms. The van der Waals surface area contributed by atoms with E-state index >= 15 is 0 Å². The molecule has 114 valence electrons. The lowest BCUT2D eigenvalue weighted by atomic mass is 9.97. The Morgan fingerprint density at radius 3 is 2.52 bits per heavy atom. The predicted octanol–water partition coefficient (Wildman–Crippen LogP) is 3.56. The molecule has 0 atom stereocenters. The molecule has 0 heterocycles. The molecule has 0 spiro atoms. The number of hydrogen-bond donors (Lipinski definition) is 2. The van der Waals surface area contributed by atoms with Crippen molar-refractivity contribution in [3.05, 3.63) is 22.7 Å². The first-order valence-electron chi connectivity index (χ1n) is 7.51. The molecule has 4 nitrogen and oxygen atoms in total. The van der Waals surface area contributed by atoms with Crippen LogP contribution in [0.3, 0.4) is 0 Å². The molecular weight excluding hydrogens is 288 g/mol. The zero-order valence-corrected chi connectivity index (χ0v) is 13.0. The molecule has 2 aliphatic rings. The molecule has 3 N–H and O–H groups in total. The highest BCUT2D eigenvalue weighted by Crippen LogP contribution is 2.49. The van der Waals surface area contributed by atoms with E-state index in [1.807, 2.05) is 0 Å². The van der Waals surface area contributed by atoms with E-state index in [9.17, 15) is 4.79 Å². The van der Waals surface area contributed by atoms with Gasteiger partial charge in [-0.15, -0.1) is 0 Å². The molecule has 0 aliphatic heterocycles. The van der Waals surface area contributed by atoms with E-state index in [1.54, 1.807) is 12.1 Å². The third kappa shape index (κ3) is 3.26. The quantitative estimate of drug-likeness (QED) is 0.623. The lowest BCUT2D eigenvalue weighted by molar-refractivity contribution is 0.0602. The van der Waals surface area contributed by atoms with E-state index in [0.29, 0.717) is 27.9 Å². The molecule has 2 aliphatic carbocycles. The van der Waals surface area contributed by atoms with Crippen LogP contribution in [0.15, 0.2) is 12.1 Å². The van der Waals surface area contributed by atoms with Crippen LogP contribution in [0.1, 0.15) is 36.0 Å². The number of carbonyl (C=O) groups excluding carboxylic acids is 1. The maximum atomic E-state index is 11.9. The van der Waals surface area contributed by atoms with Gasteiger partial charge < -0.3 is 15.8 Å². The largest absolute Gasteiger partial charge is 0.465 e. The number of ether oxygens (including phenoxy) is 1. The molecule has 3 rings (SSSR count). The van der Waals surface area contributed by atoms with Gasteiger partial charge in [0.15, 0.2) is 0 Å². The highest BCUT2D eigenvalue weighted by Gasteiger charge is 2.41. The van der Waals surface area contributed by atoms with Gasteiger partial charge in [-0.05, 0) is 55.6 Å². The van der Waals surface area contributed by atoms with Crippen LogP contribution in [-0.4, -0.2) is 19.6 Å². The lowest BCUT2D eigenvalue weighted by Crippen LogP contribution is -2.20. The second kappa shape index (κ2) is 5.76. The number of anilines is 2. The van der Waals surface area contributed by atoms with Gasteiger partial charge >= 0.3 is 5.97 Å². The highest BCUT2D eigenvalue weighted by atomic mass is 35.5. The van der Waals surface area contributed by atoms with Gasteiger partial charge in [-0.2, -0.15) is 0 Å². The summed E-state index contributed by atoms with van der Waals surface area (Å²) in [7, 11) is 1.36. The number of esters is 1. The smallest absolute Gasteiger partial charge is 0.340 e. The first kappa shape index (κ1) is 14.5. The second-order valence-electron chi connectivity index (χ2n) is 6.14. The molecule has 2 fully saturated rings. The molecule has 0 saturated heterocycles. The van der Waals surface area contributed by atoms with Gasteiger partial charge in [0, 0.05) is 12.2 Å². The number of halogens is 1. The number of methoxy groups -OCH3 is 1. The number of nitrogen functional groups attached to an aromatic ring is 1. The van der Waals surface area contributed by atoms with Crippen molar-refractivity contribution in [2.24, 2.45) is 17.8 Å². The summed E-state index contributed by atoms with van der Waals surface area (Å²) >= 11 is 6.26. The number of nitrogens with one attached hydrogen (secondary N) is 1. The molecule has 2 saturated carbocycles. The van der Waals surface area contributed by atoms with Crippen molar-refractivity contribution in [2.75, 3.05) is 24.7 Å². The molecule has 1 aromatic rings. The number of rotatable bonds is 6. The monoisotopic (exact) mass is 308 g/mol. The van der Waals surface area contributed by atoms with E-state index in [2.05, 4.69) is 5.32 Å². The predicted molar refractivity (Wildman–Crippen MR) is 84.6 cm³/mol. The van der Waals surface area contributed by atoms with Crippen LogP contribution in [0.25, 0.3) is 0 Å². The van der Waals surface area contributed by atoms with Crippen LogP contribution in [0.5, 0.6) is 0 Å². The van der Waals surface area contributed by atoms with E-state index in [-0.39, 0.29) is 0 Å². The number of hydrogen-bond acceptors (Lipinski definition) is 4. The number of benzene rings is 1. The van der Waals surface area contributed by atoms with E-state index in [0.717, 1.165) is 18.4 Å². The third-order valence-corrected chi connectivity index (χ3v) is 4.79. The summed E-state index contributed by atoms with van der Waals surface area (Å²) < 4.78 is 4.82. The van der Waals surface area contributed by atoms with Crippen molar-refractivity contribution >= 4 is 28.9 Å². The Morgan fingerprint density at radius 1 is 1.38 bits per heavy atom. The summed E-state index contributed by atoms with van der Waals surface area (Å²) in [6, 6.07) is 3.28. The molecular formula is C16H21ClN2O2. The van der Waals surface area contributed by atoms with E-state index in [4.69, 9.17) is 22.1 Å². The Balaban J connectivity index is 1.78. The minimum Gasteiger partial charge on any atom is -0.465 e. The van der Waals surface area contributed by atoms with Crippen LogP contribution in [0.2, 0.25) is 5.02 Å². The van der Waals surface area contributed by atoms with Gasteiger partial charge in [0.25, 0.3) is 0 Å². The van der Waals surface area contributed by atoms with Crippen molar-refractivity contribution in [3.63, 3.8) is 0 Å². The molecule has 0 unspecified atom stereocenters. The van der Waals surface area contributed by atoms with E-state index < -0.39 is 5.97 Å². The fourth-order valence-electron chi connectivity index (χ4n) is 3.07. The topological polar surface area (TPSA) is 64.3 Å². The first-order valence-corrected chi connectivity index (χ1v) is 7.89. The standard InChI is InChI=1S/C16H21ClN2O2/c1-21-16(20)12-6-11(18)7-14(17)15(12)19-8-13(9-2-3-9)10-4-5-10/h6-7,9-10,13,19H,2-5,8,18H2,1H3. The van der Waals surface area contributed by atoms with Gasteiger partial charge in [-0.25, -0.2) is 4.79 Å². The SMILES string of the molecule is COC(=O)c1cc(N)cc(Cl)c1NCC(C1CC1)C1CC1. The van der Waals surface area contributed by atoms with Crippen LogP contribution in [0, 0.1) is 17.8 Å². The third-order valence-electron chi connectivity index (χ3n) is 4.49. The molecule has 0 aromatic heterocycles. The molecule has 1 aromatic carbocycles. The van der Waals surface area contributed by atoms with Crippen molar-refractivity contribution in [1.82, 2.24) is 0 Å². The summed E-state index contributed by atoms with van der Waals surface area (Å²) in [5, 5.41) is 3.85. The van der Waals surface area contributed by atoms with Crippen LogP contribution >= 0.6 is 11.6 Å². The maximum absolute atomic E-state index is 11.9.